The molecule has 0 radical (unpaired) electrons. The molecular formula is C26H25NO. The highest BCUT2D eigenvalue weighted by molar-refractivity contribution is 6.05. The Kier molecular flexibility index (Phi) is 4.64. The van der Waals surface area contributed by atoms with E-state index in [4.69, 9.17) is 0 Å². The molecular weight excluding hydrogens is 342 g/mol. The van der Waals surface area contributed by atoms with Gasteiger partial charge in [0.1, 0.15) is 0 Å². The quantitative estimate of drug-likeness (QED) is 0.476. The molecule has 0 amide bonds. The van der Waals surface area contributed by atoms with Gasteiger partial charge < -0.3 is 4.90 Å². The Morgan fingerprint density at radius 1 is 1.25 bits per heavy atom. The molecule has 1 atom stereocenters. The lowest BCUT2D eigenvalue weighted by molar-refractivity contribution is -0.111. The molecule has 0 bridgehead atoms. The summed E-state index contributed by atoms with van der Waals surface area (Å²) in [6, 6.07) is 12.9. The third kappa shape index (κ3) is 2.86. The zero-order valence-electron chi connectivity index (χ0n) is 16.5. The second-order valence-corrected chi connectivity index (χ2v) is 7.67. The van der Waals surface area contributed by atoms with Crippen molar-refractivity contribution in [2.24, 2.45) is 0 Å². The second kappa shape index (κ2) is 7.12. The van der Waals surface area contributed by atoms with Gasteiger partial charge in [-0.1, -0.05) is 66.8 Å². The maximum Gasteiger partial charge on any atom is 0.182 e. The third-order valence-corrected chi connectivity index (χ3v) is 5.90. The lowest BCUT2D eigenvalue weighted by atomic mass is 9.78. The lowest BCUT2D eigenvalue weighted by Crippen LogP contribution is -2.25. The van der Waals surface area contributed by atoms with Gasteiger partial charge in [0.15, 0.2) is 5.78 Å². The van der Waals surface area contributed by atoms with E-state index < -0.39 is 0 Å². The molecule has 1 aliphatic carbocycles. The fourth-order valence-corrected chi connectivity index (χ4v) is 4.45. The molecule has 0 saturated heterocycles. The largest absolute Gasteiger partial charge is 0.347 e. The number of fused-ring (bicyclic) bond motifs is 3. The van der Waals surface area contributed by atoms with Gasteiger partial charge in [-0.3, -0.25) is 4.79 Å². The summed E-state index contributed by atoms with van der Waals surface area (Å²) in [7, 11) is 2.12. The molecule has 2 nitrogen and oxygen atoms in total. The number of allylic oxidation sites excluding steroid dienone is 9. The van der Waals surface area contributed by atoms with Gasteiger partial charge in [0.05, 0.1) is 5.69 Å². The molecule has 2 aliphatic rings. The summed E-state index contributed by atoms with van der Waals surface area (Å²) in [5.74, 6) is 0.0795. The molecule has 0 aromatic heterocycles. The van der Waals surface area contributed by atoms with E-state index in [-0.39, 0.29) is 11.2 Å². The Bertz CT molecular complexity index is 1080. The predicted molar refractivity (Wildman–Crippen MR) is 119 cm³/mol. The molecule has 2 aromatic rings. The van der Waals surface area contributed by atoms with Gasteiger partial charge in [-0.15, -0.1) is 6.58 Å². The molecule has 1 heterocycles. The average Bonchev–Trinajstić information content (AvgIpc) is 3.30. The van der Waals surface area contributed by atoms with Crippen molar-refractivity contribution in [3.05, 3.63) is 102 Å². The van der Waals surface area contributed by atoms with Gasteiger partial charge in [0.25, 0.3) is 0 Å². The number of likely N-dealkylation sites (N-methyl/N-ethyl adjacent to an activating group) is 1. The van der Waals surface area contributed by atoms with E-state index in [0.29, 0.717) is 0 Å². The summed E-state index contributed by atoms with van der Waals surface area (Å²) in [5.41, 5.74) is 4.41. The first-order chi connectivity index (χ1) is 13.6. The van der Waals surface area contributed by atoms with Crippen LogP contribution in [0.25, 0.3) is 10.8 Å². The minimum Gasteiger partial charge on any atom is -0.347 e. The Morgan fingerprint density at radius 2 is 2.07 bits per heavy atom. The fraction of sp³-hybridized carbons (Fsp3) is 0.192. The van der Waals surface area contributed by atoms with E-state index in [9.17, 15) is 4.79 Å². The van der Waals surface area contributed by atoms with Crippen LogP contribution in [0.4, 0.5) is 5.69 Å². The fourth-order valence-electron chi connectivity index (χ4n) is 4.45. The summed E-state index contributed by atoms with van der Waals surface area (Å²) in [6.07, 6.45) is 15.0. The highest BCUT2D eigenvalue weighted by atomic mass is 16.1. The monoisotopic (exact) mass is 367 g/mol. The smallest absolute Gasteiger partial charge is 0.182 e. The molecule has 4 rings (SSSR count). The molecule has 0 fully saturated rings. The van der Waals surface area contributed by atoms with Gasteiger partial charge in [-0.25, -0.2) is 0 Å². The van der Waals surface area contributed by atoms with Gasteiger partial charge in [0, 0.05) is 29.1 Å². The molecule has 2 aromatic carbocycles. The van der Waals surface area contributed by atoms with Crippen molar-refractivity contribution in [2.75, 3.05) is 11.9 Å². The van der Waals surface area contributed by atoms with Crippen LogP contribution in [0.15, 0.2) is 96.8 Å². The number of rotatable bonds is 5. The number of carbonyl (C=O) groups excluding carboxylic acids is 1. The standard InChI is InChI=1S/C26H25NO/c1-4-18-26(2)22-17-16-19-10-7-8-13-21(19)25(22)27(3)24(26)15-9-14-23(28)20-11-5-6-12-20/h4-11,13-17H,1,12,18H2,2-3H3/b14-9+,24-15-. The molecule has 140 valence electrons. The molecule has 0 spiro atoms. The molecule has 1 aliphatic heterocycles. The number of anilines is 1. The van der Waals surface area contributed by atoms with Gasteiger partial charge in [0.2, 0.25) is 0 Å². The zero-order chi connectivity index (χ0) is 19.7. The zero-order valence-corrected chi connectivity index (χ0v) is 16.5. The summed E-state index contributed by atoms with van der Waals surface area (Å²) >= 11 is 0. The van der Waals surface area contributed by atoms with Gasteiger partial charge >= 0.3 is 0 Å². The number of carbonyl (C=O) groups is 1. The first-order valence-electron chi connectivity index (χ1n) is 9.72. The maximum atomic E-state index is 12.3. The molecule has 28 heavy (non-hydrogen) atoms. The summed E-state index contributed by atoms with van der Waals surface area (Å²) in [4.78, 5) is 14.6. The Hall–Kier alpha value is -3.13. The van der Waals surface area contributed by atoms with Crippen molar-refractivity contribution in [3.8, 4) is 0 Å². The molecule has 2 heteroatoms. The first-order valence-corrected chi connectivity index (χ1v) is 9.72. The van der Waals surface area contributed by atoms with Crippen molar-refractivity contribution >= 4 is 22.2 Å². The van der Waals surface area contributed by atoms with Crippen molar-refractivity contribution in [3.63, 3.8) is 0 Å². The van der Waals surface area contributed by atoms with Crippen LogP contribution >= 0.6 is 0 Å². The average molecular weight is 367 g/mol. The minimum absolute atomic E-state index is 0.0795. The third-order valence-electron chi connectivity index (χ3n) is 5.90. The number of ketones is 1. The highest BCUT2D eigenvalue weighted by Gasteiger charge is 2.41. The van der Waals surface area contributed by atoms with Crippen LogP contribution in [0.2, 0.25) is 0 Å². The van der Waals surface area contributed by atoms with E-state index in [1.807, 2.05) is 30.4 Å². The molecule has 1 unspecified atom stereocenters. The predicted octanol–water partition coefficient (Wildman–Crippen LogP) is 6.02. The Morgan fingerprint density at radius 3 is 2.82 bits per heavy atom. The highest BCUT2D eigenvalue weighted by Crippen LogP contribution is 2.51. The van der Waals surface area contributed by atoms with Crippen LogP contribution in [0, 0.1) is 0 Å². The van der Waals surface area contributed by atoms with E-state index in [0.717, 1.165) is 18.4 Å². The number of nitrogens with zero attached hydrogens (tertiary/aromatic N) is 1. The van der Waals surface area contributed by atoms with E-state index in [2.05, 4.69) is 67.9 Å². The summed E-state index contributed by atoms with van der Waals surface area (Å²) in [5, 5.41) is 2.49. The topological polar surface area (TPSA) is 20.3 Å². The van der Waals surface area contributed by atoms with Gasteiger partial charge in [-0.2, -0.15) is 0 Å². The van der Waals surface area contributed by atoms with E-state index >= 15 is 0 Å². The van der Waals surface area contributed by atoms with Crippen molar-refractivity contribution in [2.45, 2.75) is 25.2 Å². The van der Waals surface area contributed by atoms with E-state index in [1.54, 1.807) is 6.08 Å². The number of hydrogen-bond acceptors (Lipinski definition) is 2. The van der Waals surface area contributed by atoms with Crippen LogP contribution in [0.5, 0.6) is 0 Å². The van der Waals surface area contributed by atoms with Crippen LogP contribution in [0.1, 0.15) is 25.3 Å². The maximum absolute atomic E-state index is 12.3. The van der Waals surface area contributed by atoms with Crippen LogP contribution in [-0.2, 0) is 10.2 Å². The normalized spacial score (nSPS) is 22.3. The van der Waals surface area contributed by atoms with Crippen molar-refractivity contribution < 1.29 is 4.79 Å². The van der Waals surface area contributed by atoms with Crippen LogP contribution in [-0.4, -0.2) is 12.8 Å². The summed E-state index contributed by atoms with van der Waals surface area (Å²) < 4.78 is 0. The number of hydrogen-bond donors (Lipinski definition) is 0. The van der Waals surface area contributed by atoms with Gasteiger partial charge in [-0.05, 0) is 42.9 Å². The number of benzene rings is 2. The Labute approximate surface area is 166 Å². The van der Waals surface area contributed by atoms with Crippen molar-refractivity contribution in [1.29, 1.82) is 0 Å². The van der Waals surface area contributed by atoms with Crippen LogP contribution in [0.3, 0.4) is 0 Å². The SMILES string of the molecule is C=CCC1(C)/C(=C/C=C/C(=O)C2=CC=CC2)N(C)c2c1ccc1ccccc21. The second-order valence-electron chi connectivity index (χ2n) is 7.67. The Balaban J connectivity index is 1.77. The summed E-state index contributed by atoms with van der Waals surface area (Å²) in [6.45, 7) is 6.25. The molecule has 0 N–H and O–H groups in total. The minimum atomic E-state index is -0.169. The van der Waals surface area contributed by atoms with E-state index in [1.165, 1.54) is 27.7 Å². The first kappa shape index (κ1) is 18.2. The van der Waals surface area contributed by atoms with Crippen molar-refractivity contribution in [1.82, 2.24) is 0 Å². The lowest BCUT2D eigenvalue weighted by Gasteiger charge is -2.27. The van der Waals surface area contributed by atoms with Crippen LogP contribution < -0.4 is 4.90 Å². The molecule has 0 saturated carbocycles.